The molecule has 0 aromatic heterocycles. The summed E-state index contributed by atoms with van der Waals surface area (Å²) >= 11 is 0. The average molecular weight is 373 g/mol. The van der Waals surface area contributed by atoms with E-state index in [1.807, 2.05) is 0 Å². The summed E-state index contributed by atoms with van der Waals surface area (Å²) in [5.74, 6) is 2.42. The number of ether oxygens (including phenoxy) is 2. The van der Waals surface area contributed by atoms with Gasteiger partial charge in [0.25, 0.3) is 0 Å². The van der Waals surface area contributed by atoms with Crippen LogP contribution < -0.4 is 0 Å². The van der Waals surface area contributed by atoms with Crippen LogP contribution in [0, 0.1) is 28.6 Å². The summed E-state index contributed by atoms with van der Waals surface area (Å²) in [6.07, 6.45) is 12.1. The largest absolute Gasteiger partial charge is 0.462 e. The summed E-state index contributed by atoms with van der Waals surface area (Å²) in [4.78, 5) is 22.9. The lowest BCUT2D eigenvalue weighted by atomic mass is 9.48. The maximum Gasteiger partial charge on any atom is 0.307 e. The van der Waals surface area contributed by atoms with Crippen molar-refractivity contribution in [2.45, 2.75) is 78.7 Å². The summed E-state index contributed by atoms with van der Waals surface area (Å²) in [5, 5.41) is 0. The third-order valence-electron chi connectivity index (χ3n) is 8.23. The van der Waals surface area contributed by atoms with Gasteiger partial charge >= 0.3 is 11.9 Å². The Morgan fingerprint density at radius 2 is 1.81 bits per heavy atom. The molecular formula is C23H32O4. The van der Waals surface area contributed by atoms with E-state index in [2.05, 4.69) is 26.0 Å². The SMILES string of the molecule is CC(=O)OC1=CC2=CC[C@H]3[C@H]4CCC(OC(C)=O)[C@@]4(C)CC[C@@H]3[C@@]2(C)CC1. The minimum Gasteiger partial charge on any atom is -0.462 e. The van der Waals surface area contributed by atoms with Gasteiger partial charge in [-0.25, -0.2) is 0 Å². The second-order valence-electron chi connectivity index (χ2n) is 9.61. The third-order valence-corrected chi connectivity index (χ3v) is 8.23. The quantitative estimate of drug-likeness (QED) is 0.644. The van der Waals surface area contributed by atoms with Gasteiger partial charge in [0, 0.05) is 25.7 Å². The van der Waals surface area contributed by atoms with Crippen LogP contribution in [0.2, 0.25) is 0 Å². The van der Waals surface area contributed by atoms with Crippen LogP contribution in [0.25, 0.3) is 0 Å². The fourth-order valence-corrected chi connectivity index (χ4v) is 6.91. The van der Waals surface area contributed by atoms with E-state index in [1.165, 1.54) is 32.3 Å². The Hall–Kier alpha value is -1.58. The first kappa shape index (κ1) is 18.8. The molecule has 0 bridgehead atoms. The fourth-order valence-electron chi connectivity index (χ4n) is 6.91. The van der Waals surface area contributed by atoms with Crippen molar-refractivity contribution >= 4 is 11.9 Å². The molecule has 1 unspecified atom stereocenters. The summed E-state index contributed by atoms with van der Waals surface area (Å²) in [6, 6.07) is 0. The van der Waals surface area contributed by atoms with Crippen LogP contribution >= 0.6 is 0 Å². The second kappa shape index (κ2) is 6.49. The summed E-state index contributed by atoms with van der Waals surface area (Å²) < 4.78 is 11.1. The number of hydrogen-bond acceptors (Lipinski definition) is 4. The molecule has 0 aromatic rings. The monoisotopic (exact) mass is 372 g/mol. The molecule has 6 atom stereocenters. The van der Waals surface area contributed by atoms with Crippen molar-refractivity contribution in [1.82, 2.24) is 0 Å². The Morgan fingerprint density at radius 3 is 2.52 bits per heavy atom. The molecule has 4 aliphatic carbocycles. The molecule has 0 saturated heterocycles. The molecule has 148 valence electrons. The molecule has 0 N–H and O–H groups in total. The van der Waals surface area contributed by atoms with Gasteiger partial charge in [-0.1, -0.05) is 19.9 Å². The van der Waals surface area contributed by atoms with Gasteiger partial charge in [0.05, 0.1) is 0 Å². The molecule has 0 aromatic carbocycles. The lowest BCUT2D eigenvalue weighted by molar-refractivity contribution is -0.156. The summed E-state index contributed by atoms with van der Waals surface area (Å²) in [7, 11) is 0. The Bertz CT molecular complexity index is 720. The van der Waals surface area contributed by atoms with E-state index in [-0.39, 0.29) is 28.9 Å². The summed E-state index contributed by atoms with van der Waals surface area (Å²) in [5.41, 5.74) is 1.67. The molecule has 4 nitrogen and oxygen atoms in total. The zero-order chi connectivity index (χ0) is 19.4. The molecule has 27 heavy (non-hydrogen) atoms. The number of rotatable bonds is 2. The highest BCUT2D eigenvalue weighted by Crippen LogP contribution is 2.64. The predicted molar refractivity (Wildman–Crippen MR) is 102 cm³/mol. The topological polar surface area (TPSA) is 52.6 Å². The zero-order valence-electron chi connectivity index (χ0n) is 17.0. The van der Waals surface area contributed by atoms with Gasteiger partial charge in [0.1, 0.15) is 11.9 Å². The van der Waals surface area contributed by atoms with Crippen LogP contribution in [0.15, 0.2) is 23.5 Å². The third kappa shape index (κ3) is 2.96. The number of carbonyl (C=O) groups excluding carboxylic acids is 2. The second-order valence-corrected chi connectivity index (χ2v) is 9.61. The maximum atomic E-state index is 11.6. The minimum atomic E-state index is -0.227. The van der Waals surface area contributed by atoms with Crippen LogP contribution in [0.4, 0.5) is 0 Å². The lowest BCUT2D eigenvalue weighted by Gasteiger charge is -2.56. The summed E-state index contributed by atoms with van der Waals surface area (Å²) in [6.45, 7) is 7.78. The molecule has 2 saturated carbocycles. The standard InChI is InChI=1S/C23H32O4/c1-14(24)26-17-9-11-22(3)16(13-17)5-6-18-19-7-8-21(27-15(2)25)23(19,4)12-10-20(18)22/h5,13,18-21H,6-12H2,1-4H3/t18-,19+,20-,21?,22-,23-/m0/s1. The van der Waals surface area contributed by atoms with Gasteiger partial charge in [-0.05, 0) is 73.3 Å². The molecular weight excluding hydrogens is 340 g/mol. The van der Waals surface area contributed by atoms with Crippen LogP contribution in [0.5, 0.6) is 0 Å². The van der Waals surface area contributed by atoms with Crippen molar-refractivity contribution in [2.75, 3.05) is 0 Å². The molecule has 4 heteroatoms. The molecule has 0 radical (unpaired) electrons. The van der Waals surface area contributed by atoms with Gasteiger partial charge in [-0.15, -0.1) is 0 Å². The first-order valence-corrected chi connectivity index (χ1v) is 10.5. The van der Waals surface area contributed by atoms with Gasteiger partial charge in [0.15, 0.2) is 0 Å². The van der Waals surface area contributed by atoms with Crippen LogP contribution in [0.3, 0.4) is 0 Å². The molecule has 4 rings (SSSR count). The molecule has 4 aliphatic rings. The molecule has 2 fully saturated rings. The van der Waals surface area contributed by atoms with E-state index in [0.29, 0.717) is 17.8 Å². The fraction of sp³-hybridized carbons (Fsp3) is 0.739. The van der Waals surface area contributed by atoms with E-state index in [9.17, 15) is 9.59 Å². The van der Waals surface area contributed by atoms with Crippen LogP contribution in [0.1, 0.15) is 72.6 Å². The Labute approximate surface area is 162 Å². The molecule has 0 amide bonds. The number of fused-ring (bicyclic) bond motifs is 5. The maximum absolute atomic E-state index is 11.6. The number of esters is 2. The first-order chi connectivity index (χ1) is 12.7. The molecule has 0 aliphatic heterocycles. The van der Waals surface area contributed by atoms with Crippen molar-refractivity contribution in [3.05, 3.63) is 23.5 Å². The highest BCUT2D eigenvalue weighted by atomic mass is 16.5. The van der Waals surface area contributed by atoms with Crippen LogP contribution in [-0.2, 0) is 19.1 Å². The predicted octanol–water partition coefficient (Wildman–Crippen LogP) is 4.94. The Balaban J connectivity index is 1.60. The normalized spacial score (nSPS) is 42.8. The van der Waals surface area contributed by atoms with Gasteiger partial charge in [-0.2, -0.15) is 0 Å². The highest BCUT2D eigenvalue weighted by Gasteiger charge is 2.59. The first-order valence-electron chi connectivity index (χ1n) is 10.5. The van der Waals surface area contributed by atoms with E-state index in [0.717, 1.165) is 37.9 Å². The average Bonchev–Trinajstić information content (AvgIpc) is 2.91. The highest BCUT2D eigenvalue weighted by molar-refractivity contribution is 5.67. The van der Waals surface area contributed by atoms with Gasteiger partial charge in [-0.3, -0.25) is 9.59 Å². The number of hydrogen-bond donors (Lipinski definition) is 0. The van der Waals surface area contributed by atoms with Crippen molar-refractivity contribution < 1.29 is 19.1 Å². The van der Waals surface area contributed by atoms with E-state index >= 15 is 0 Å². The van der Waals surface area contributed by atoms with E-state index < -0.39 is 0 Å². The zero-order valence-corrected chi connectivity index (χ0v) is 17.0. The van der Waals surface area contributed by atoms with E-state index in [1.54, 1.807) is 0 Å². The van der Waals surface area contributed by atoms with Crippen molar-refractivity contribution in [2.24, 2.45) is 28.6 Å². The number of allylic oxidation sites excluding steroid dienone is 4. The Kier molecular flexibility index (Phi) is 4.51. The van der Waals surface area contributed by atoms with Crippen LogP contribution in [-0.4, -0.2) is 18.0 Å². The van der Waals surface area contributed by atoms with Gasteiger partial charge in [0.2, 0.25) is 0 Å². The van der Waals surface area contributed by atoms with Crippen molar-refractivity contribution in [3.8, 4) is 0 Å². The lowest BCUT2D eigenvalue weighted by Crippen LogP contribution is -2.50. The molecule has 0 spiro atoms. The Morgan fingerprint density at radius 1 is 1.04 bits per heavy atom. The smallest absolute Gasteiger partial charge is 0.307 e. The van der Waals surface area contributed by atoms with Gasteiger partial charge < -0.3 is 9.47 Å². The minimum absolute atomic E-state index is 0.0842. The van der Waals surface area contributed by atoms with Crippen molar-refractivity contribution in [1.29, 1.82) is 0 Å². The number of carbonyl (C=O) groups is 2. The molecule has 0 heterocycles. The van der Waals surface area contributed by atoms with Crippen molar-refractivity contribution in [3.63, 3.8) is 0 Å². The van der Waals surface area contributed by atoms with E-state index in [4.69, 9.17) is 9.47 Å².